The van der Waals surface area contributed by atoms with Gasteiger partial charge in [-0.25, -0.2) is 0 Å². The van der Waals surface area contributed by atoms with Crippen LogP contribution in [-0.2, 0) is 0 Å². The lowest BCUT2D eigenvalue weighted by atomic mass is 9.97. The highest BCUT2D eigenvalue weighted by molar-refractivity contribution is 5.76. The van der Waals surface area contributed by atoms with E-state index in [-0.39, 0.29) is 11.3 Å². The molecule has 0 radical (unpaired) electrons. The van der Waals surface area contributed by atoms with Crippen LogP contribution in [0, 0.1) is 11.3 Å². The second-order valence-electron chi connectivity index (χ2n) is 7.66. The summed E-state index contributed by atoms with van der Waals surface area (Å²) in [6.07, 6.45) is 6.39. The van der Waals surface area contributed by atoms with Gasteiger partial charge in [-0.2, -0.15) is 5.26 Å². The van der Waals surface area contributed by atoms with Gasteiger partial charge in [0.05, 0.1) is 11.8 Å². The predicted octanol–water partition coefficient (Wildman–Crippen LogP) is 4.62. The molecule has 1 saturated carbocycles. The number of aromatic hydroxyl groups is 1. The maximum absolute atomic E-state index is 10.3. The standard InChI is InChI=1S/C23H29N3O2/c1-26(2)13-12-25-22-14-18(15-23(27)21(22)16-24)17-8-10-20(11-9-17)28-19-6-4-3-5-7-19/h8-11,14-15,19,25,27H,3-7,12-13H2,1-2H3. The molecule has 2 aromatic carbocycles. The number of ether oxygens (including phenoxy) is 1. The Hall–Kier alpha value is -2.71. The fraction of sp³-hybridized carbons (Fsp3) is 0.435. The van der Waals surface area contributed by atoms with Gasteiger partial charge in [-0.3, -0.25) is 0 Å². The molecule has 1 aliphatic carbocycles. The maximum atomic E-state index is 10.3. The van der Waals surface area contributed by atoms with E-state index in [4.69, 9.17) is 4.74 Å². The Morgan fingerprint density at radius 1 is 1.11 bits per heavy atom. The first kappa shape index (κ1) is 20.0. The number of phenolic OH excluding ortho intramolecular Hbond substituents is 1. The van der Waals surface area contributed by atoms with Crippen LogP contribution in [0.4, 0.5) is 5.69 Å². The average Bonchev–Trinajstić information content (AvgIpc) is 2.69. The lowest BCUT2D eigenvalue weighted by Crippen LogP contribution is -2.21. The van der Waals surface area contributed by atoms with E-state index >= 15 is 0 Å². The van der Waals surface area contributed by atoms with Gasteiger partial charge in [-0.1, -0.05) is 18.6 Å². The third kappa shape index (κ3) is 5.17. The summed E-state index contributed by atoms with van der Waals surface area (Å²) in [5.74, 6) is 0.882. The van der Waals surface area contributed by atoms with Crippen LogP contribution in [0.3, 0.4) is 0 Å². The summed E-state index contributed by atoms with van der Waals surface area (Å²) >= 11 is 0. The molecule has 1 aliphatic rings. The van der Waals surface area contributed by atoms with Crippen LogP contribution in [0.1, 0.15) is 37.7 Å². The lowest BCUT2D eigenvalue weighted by molar-refractivity contribution is 0.155. The number of phenols is 1. The molecule has 0 saturated heterocycles. The minimum atomic E-state index is -0.00474. The van der Waals surface area contributed by atoms with Crippen LogP contribution in [0.25, 0.3) is 11.1 Å². The Morgan fingerprint density at radius 2 is 1.82 bits per heavy atom. The summed E-state index contributed by atoms with van der Waals surface area (Å²) in [7, 11) is 4.00. The molecule has 0 amide bonds. The summed E-state index contributed by atoms with van der Waals surface area (Å²) in [5, 5.41) is 23.0. The fourth-order valence-electron chi connectivity index (χ4n) is 3.57. The van der Waals surface area contributed by atoms with E-state index in [0.29, 0.717) is 18.3 Å². The second-order valence-corrected chi connectivity index (χ2v) is 7.66. The first-order valence-electron chi connectivity index (χ1n) is 9.99. The number of nitriles is 1. The number of rotatable bonds is 7. The van der Waals surface area contributed by atoms with Crippen LogP contribution in [-0.4, -0.2) is 43.3 Å². The Balaban J connectivity index is 1.76. The molecule has 0 aliphatic heterocycles. The number of nitrogens with zero attached hydrogens (tertiary/aromatic N) is 2. The number of benzene rings is 2. The molecule has 28 heavy (non-hydrogen) atoms. The first-order chi connectivity index (χ1) is 13.6. The molecule has 3 rings (SSSR count). The van der Waals surface area contributed by atoms with Gasteiger partial charge in [0.25, 0.3) is 0 Å². The van der Waals surface area contributed by atoms with Gasteiger partial charge in [0.2, 0.25) is 0 Å². The normalized spacial score (nSPS) is 14.6. The van der Waals surface area contributed by atoms with Crippen LogP contribution in [0.15, 0.2) is 36.4 Å². The molecule has 0 spiro atoms. The molecule has 148 valence electrons. The van der Waals surface area contributed by atoms with Gasteiger partial charge in [0.15, 0.2) is 0 Å². The number of hydrogen-bond acceptors (Lipinski definition) is 5. The number of hydrogen-bond donors (Lipinski definition) is 2. The zero-order chi connectivity index (χ0) is 19.9. The van der Waals surface area contributed by atoms with Gasteiger partial charge in [-0.05, 0) is 75.2 Å². The minimum Gasteiger partial charge on any atom is -0.506 e. The van der Waals surface area contributed by atoms with Gasteiger partial charge >= 0.3 is 0 Å². The highest BCUT2D eigenvalue weighted by Crippen LogP contribution is 2.33. The van der Waals surface area contributed by atoms with Crippen molar-refractivity contribution in [1.29, 1.82) is 5.26 Å². The van der Waals surface area contributed by atoms with E-state index in [0.717, 1.165) is 36.3 Å². The van der Waals surface area contributed by atoms with Crippen molar-refractivity contribution in [2.75, 3.05) is 32.5 Å². The van der Waals surface area contributed by atoms with Crippen LogP contribution in [0.5, 0.6) is 11.5 Å². The maximum Gasteiger partial charge on any atom is 0.136 e. The van der Waals surface area contributed by atoms with Crippen LogP contribution >= 0.6 is 0 Å². The summed E-state index contributed by atoms with van der Waals surface area (Å²) in [6.45, 7) is 1.53. The number of anilines is 1. The van der Waals surface area contributed by atoms with Gasteiger partial charge < -0.3 is 20.1 Å². The van der Waals surface area contributed by atoms with E-state index in [1.807, 2.05) is 44.4 Å². The van der Waals surface area contributed by atoms with Crippen molar-refractivity contribution in [3.05, 3.63) is 42.0 Å². The molecule has 2 N–H and O–H groups in total. The molecule has 0 atom stereocenters. The molecular formula is C23H29N3O2. The van der Waals surface area contributed by atoms with E-state index in [1.165, 1.54) is 19.3 Å². The molecule has 5 heteroatoms. The monoisotopic (exact) mass is 379 g/mol. The minimum absolute atomic E-state index is 0.00474. The average molecular weight is 380 g/mol. The van der Waals surface area contributed by atoms with Gasteiger partial charge in [-0.15, -0.1) is 0 Å². The van der Waals surface area contributed by atoms with Gasteiger partial charge in [0, 0.05) is 13.1 Å². The van der Waals surface area contributed by atoms with Gasteiger partial charge in [0.1, 0.15) is 23.1 Å². The largest absolute Gasteiger partial charge is 0.506 e. The van der Waals surface area contributed by atoms with Crippen molar-refractivity contribution in [2.45, 2.75) is 38.2 Å². The third-order valence-corrected chi connectivity index (χ3v) is 5.15. The topological polar surface area (TPSA) is 68.5 Å². The van der Waals surface area contributed by atoms with Crippen LogP contribution < -0.4 is 10.1 Å². The molecule has 2 aromatic rings. The van der Waals surface area contributed by atoms with Crippen molar-refractivity contribution < 1.29 is 9.84 Å². The summed E-state index contributed by atoms with van der Waals surface area (Å²) in [5.41, 5.74) is 2.78. The molecule has 1 fully saturated rings. The van der Waals surface area contributed by atoms with Crippen molar-refractivity contribution >= 4 is 5.69 Å². The van der Waals surface area contributed by atoms with Crippen molar-refractivity contribution in [3.63, 3.8) is 0 Å². The number of nitrogens with one attached hydrogen (secondary N) is 1. The predicted molar refractivity (Wildman–Crippen MR) is 113 cm³/mol. The Kier molecular flexibility index (Phi) is 6.78. The highest BCUT2D eigenvalue weighted by atomic mass is 16.5. The Bertz CT molecular complexity index is 819. The molecule has 0 heterocycles. The first-order valence-corrected chi connectivity index (χ1v) is 9.99. The van der Waals surface area contributed by atoms with E-state index in [1.54, 1.807) is 6.07 Å². The Labute approximate surface area is 167 Å². The van der Waals surface area contributed by atoms with Crippen LogP contribution in [0.2, 0.25) is 0 Å². The third-order valence-electron chi connectivity index (χ3n) is 5.15. The SMILES string of the molecule is CN(C)CCNc1cc(-c2ccc(OC3CCCCC3)cc2)cc(O)c1C#N. The highest BCUT2D eigenvalue weighted by Gasteiger charge is 2.15. The van der Waals surface area contributed by atoms with Crippen molar-refractivity contribution in [2.24, 2.45) is 0 Å². The molecule has 5 nitrogen and oxygen atoms in total. The second kappa shape index (κ2) is 9.48. The van der Waals surface area contributed by atoms with E-state index < -0.39 is 0 Å². The van der Waals surface area contributed by atoms with E-state index in [9.17, 15) is 10.4 Å². The quantitative estimate of drug-likeness (QED) is 0.735. The zero-order valence-corrected chi connectivity index (χ0v) is 16.7. The van der Waals surface area contributed by atoms with Crippen molar-refractivity contribution in [3.8, 4) is 28.7 Å². The zero-order valence-electron chi connectivity index (χ0n) is 16.7. The molecule has 0 bridgehead atoms. The lowest BCUT2D eigenvalue weighted by Gasteiger charge is -2.23. The molecule has 0 unspecified atom stereocenters. The van der Waals surface area contributed by atoms with E-state index in [2.05, 4.69) is 16.3 Å². The Morgan fingerprint density at radius 3 is 2.46 bits per heavy atom. The van der Waals surface area contributed by atoms with Crippen molar-refractivity contribution in [1.82, 2.24) is 4.90 Å². The molecule has 0 aromatic heterocycles. The smallest absolute Gasteiger partial charge is 0.136 e. The number of likely N-dealkylation sites (N-methyl/N-ethyl adjacent to an activating group) is 1. The summed E-state index contributed by atoms with van der Waals surface area (Å²) in [6, 6.07) is 13.6. The summed E-state index contributed by atoms with van der Waals surface area (Å²) in [4.78, 5) is 2.06. The summed E-state index contributed by atoms with van der Waals surface area (Å²) < 4.78 is 6.10. The molecular weight excluding hydrogens is 350 g/mol. The fourth-order valence-corrected chi connectivity index (χ4v) is 3.57.